The van der Waals surface area contributed by atoms with Crippen molar-refractivity contribution in [3.8, 4) is 5.88 Å². The van der Waals surface area contributed by atoms with Gasteiger partial charge in [0.05, 0.1) is 20.3 Å². The maximum absolute atomic E-state index is 5.95. The summed E-state index contributed by atoms with van der Waals surface area (Å²) in [7, 11) is 1.64. The van der Waals surface area contributed by atoms with Gasteiger partial charge in [0.25, 0.3) is 0 Å². The average molecular weight is 257 g/mol. The van der Waals surface area contributed by atoms with Gasteiger partial charge in [-0.15, -0.1) is 11.6 Å². The molecule has 94 valence electrons. The fraction of sp³-hybridized carbons (Fsp3) is 0.583. The maximum Gasteiger partial charge on any atom is 0.217 e. The third-order valence-corrected chi connectivity index (χ3v) is 3.30. The minimum atomic E-state index is 0.273. The SMILES string of the molecule is COc1ncccc1CN1CCOCC1CCl. The summed E-state index contributed by atoms with van der Waals surface area (Å²) in [6.07, 6.45) is 1.74. The van der Waals surface area contributed by atoms with E-state index in [1.165, 1.54) is 0 Å². The molecule has 0 spiro atoms. The monoisotopic (exact) mass is 256 g/mol. The normalized spacial score (nSPS) is 21.4. The molecule has 0 aliphatic carbocycles. The van der Waals surface area contributed by atoms with E-state index in [9.17, 15) is 0 Å². The van der Waals surface area contributed by atoms with Gasteiger partial charge < -0.3 is 9.47 Å². The molecular weight excluding hydrogens is 240 g/mol. The van der Waals surface area contributed by atoms with Gasteiger partial charge in [0.2, 0.25) is 5.88 Å². The van der Waals surface area contributed by atoms with Crippen LogP contribution >= 0.6 is 11.6 Å². The van der Waals surface area contributed by atoms with E-state index in [2.05, 4.69) is 9.88 Å². The topological polar surface area (TPSA) is 34.6 Å². The number of morpholine rings is 1. The number of hydrogen-bond donors (Lipinski definition) is 0. The van der Waals surface area contributed by atoms with Crippen LogP contribution in [0.3, 0.4) is 0 Å². The molecule has 2 heterocycles. The second kappa shape index (κ2) is 6.19. The van der Waals surface area contributed by atoms with Gasteiger partial charge in [-0.2, -0.15) is 0 Å². The quantitative estimate of drug-likeness (QED) is 0.766. The van der Waals surface area contributed by atoms with E-state index in [1.54, 1.807) is 13.3 Å². The van der Waals surface area contributed by atoms with Gasteiger partial charge in [0.1, 0.15) is 0 Å². The van der Waals surface area contributed by atoms with E-state index < -0.39 is 0 Å². The van der Waals surface area contributed by atoms with E-state index in [1.807, 2.05) is 12.1 Å². The molecule has 1 atom stereocenters. The molecule has 0 bridgehead atoms. The van der Waals surface area contributed by atoms with Crippen molar-refractivity contribution in [1.29, 1.82) is 0 Å². The summed E-state index contributed by atoms with van der Waals surface area (Å²) in [6, 6.07) is 4.23. The fourth-order valence-electron chi connectivity index (χ4n) is 1.99. The van der Waals surface area contributed by atoms with Crippen LogP contribution in [0.15, 0.2) is 18.3 Å². The van der Waals surface area contributed by atoms with Crippen LogP contribution in [0.1, 0.15) is 5.56 Å². The minimum Gasteiger partial charge on any atom is -0.481 e. The first-order valence-electron chi connectivity index (χ1n) is 5.70. The van der Waals surface area contributed by atoms with Crippen LogP contribution in [0.25, 0.3) is 0 Å². The minimum absolute atomic E-state index is 0.273. The third-order valence-electron chi connectivity index (χ3n) is 2.94. The number of halogens is 1. The number of alkyl halides is 1. The van der Waals surface area contributed by atoms with Crippen molar-refractivity contribution in [1.82, 2.24) is 9.88 Å². The Kier molecular flexibility index (Phi) is 4.59. The molecule has 0 amide bonds. The van der Waals surface area contributed by atoms with Crippen molar-refractivity contribution in [2.45, 2.75) is 12.6 Å². The molecule has 1 saturated heterocycles. The molecule has 0 aromatic carbocycles. The van der Waals surface area contributed by atoms with Crippen molar-refractivity contribution in [2.24, 2.45) is 0 Å². The standard InChI is InChI=1S/C12H17ClN2O2/c1-16-12-10(3-2-4-14-12)8-15-5-6-17-9-11(15)7-13/h2-4,11H,5-9H2,1H3. The number of methoxy groups -OCH3 is 1. The first-order valence-corrected chi connectivity index (χ1v) is 6.24. The predicted octanol–water partition coefficient (Wildman–Crippen LogP) is 1.53. The van der Waals surface area contributed by atoms with Gasteiger partial charge in [0.15, 0.2) is 0 Å². The number of nitrogens with zero attached hydrogens (tertiary/aromatic N) is 2. The summed E-state index contributed by atoms with van der Waals surface area (Å²) in [4.78, 5) is 6.52. The fourth-order valence-corrected chi connectivity index (χ4v) is 2.27. The van der Waals surface area contributed by atoms with Crippen LogP contribution in [0.2, 0.25) is 0 Å². The van der Waals surface area contributed by atoms with Gasteiger partial charge in [-0.3, -0.25) is 4.90 Å². The number of aromatic nitrogens is 1. The molecule has 17 heavy (non-hydrogen) atoms. The van der Waals surface area contributed by atoms with Gasteiger partial charge in [-0.1, -0.05) is 6.07 Å². The van der Waals surface area contributed by atoms with Crippen molar-refractivity contribution in [3.05, 3.63) is 23.9 Å². The van der Waals surface area contributed by atoms with Crippen LogP contribution in [0.5, 0.6) is 5.88 Å². The molecular formula is C12H17ClN2O2. The zero-order valence-corrected chi connectivity index (χ0v) is 10.7. The van der Waals surface area contributed by atoms with E-state index in [0.29, 0.717) is 18.4 Å². The summed E-state index contributed by atoms with van der Waals surface area (Å²) < 4.78 is 10.7. The van der Waals surface area contributed by atoms with Crippen LogP contribution in [0.4, 0.5) is 0 Å². The molecule has 4 nitrogen and oxygen atoms in total. The highest BCUT2D eigenvalue weighted by molar-refractivity contribution is 6.18. The summed E-state index contributed by atoms with van der Waals surface area (Å²) in [5, 5.41) is 0. The Hall–Kier alpha value is -0.840. The summed E-state index contributed by atoms with van der Waals surface area (Å²) in [5.74, 6) is 1.27. The zero-order chi connectivity index (χ0) is 12.1. The molecule has 1 aromatic rings. The molecule has 1 aliphatic heterocycles. The lowest BCUT2D eigenvalue weighted by Gasteiger charge is -2.34. The molecule has 1 aromatic heterocycles. The smallest absolute Gasteiger partial charge is 0.217 e. The Labute approximate surface area is 106 Å². The van der Waals surface area contributed by atoms with Crippen molar-refractivity contribution >= 4 is 11.6 Å². The molecule has 2 rings (SSSR count). The lowest BCUT2D eigenvalue weighted by molar-refractivity contribution is -0.00338. The second-order valence-corrected chi connectivity index (χ2v) is 4.33. The largest absolute Gasteiger partial charge is 0.481 e. The Morgan fingerprint density at radius 3 is 3.29 bits per heavy atom. The van der Waals surface area contributed by atoms with Crippen LogP contribution in [0, 0.1) is 0 Å². The molecule has 0 saturated carbocycles. The molecule has 5 heteroatoms. The van der Waals surface area contributed by atoms with Gasteiger partial charge in [-0.05, 0) is 6.07 Å². The van der Waals surface area contributed by atoms with E-state index in [4.69, 9.17) is 21.1 Å². The summed E-state index contributed by atoms with van der Waals surface area (Å²) in [6.45, 7) is 3.16. The first-order chi connectivity index (χ1) is 8.35. The molecule has 0 N–H and O–H groups in total. The molecule has 1 fully saturated rings. The van der Waals surface area contributed by atoms with Crippen LogP contribution < -0.4 is 4.74 Å². The maximum atomic E-state index is 5.95. The van der Waals surface area contributed by atoms with Crippen LogP contribution in [-0.4, -0.2) is 48.7 Å². The molecule has 1 unspecified atom stereocenters. The summed E-state index contributed by atoms with van der Waals surface area (Å²) >= 11 is 5.95. The van der Waals surface area contributed by atoms with Crippen molar-refractivity contribution in [3.63, 3.8) is 0 Å². The highest BCUT2D eigenvalue weighted by Gasteiger charge is 2.23. The zero-order valence-electron chi connectivity index (χ0n) is 9.93. The molecule has 0 radical (unpaired) electrons. The number of ether oxygens (including phenoxy) is 2. The highest BCUT2D eigenvalue weighted by Crippen LogP contribution is 2.19. The highest BCUT2D eigenvalue weighted by atomic mass is 35.5. The predicted molar refractivity (Wildman–Crippen MR) is 66.5 cm³/mol. The van der Waals surface area contributed by atoms with Crippen molar-refractivity contribution in [2.75, 3.05) is 32.7 Å². The lowest BCUT2D eigenvalue weighted by atomic mass is 10.2. The van der Waals surface area contributed by atoms with E-state index in [0.717, 1.165) is 25.3 Å². The number of hydrogen-bond acceptors (Lipinski definition) is 4. The Bertz CT molecular complexity index is 362. The van der Waals surface area contributed by atoms with Gasteiger partial charge in [-0.25, -0.2) is 4.98 Å². The first kappa shape index (κ1) is 12.6. The Morgan fingerprint density at radius 1 is 1.65 bits per heavy atom. The number of rotatable bonds is 4. The third kappa shape index (κ3) is 3.09. The Morgan fingerprint density at radius 2 is 2.53 bits per heavy atom. The van der Waals surface area contributed by atoms with E-state index in [-0.39, 0.29) is 6.04 Å². The average Bonchev–Trinajstić information content (AvgIpc) is 2.40. The Balaban J connectivity index is 2.08. The van der Waals surface area contributed by atoms with E-state index >= 15 is 0 Å². The van der Waals surface area contributed by atoms with Gasteiger partial charge in [0, 0.05) is 36.8 Å². The van der Waals surface area contributed by atoms with Crippen LogP contribution in [-0.2, 0) is 11.3 Å². The van der Waals surface area contributed by atoms with Crippen molar-refractivity contribution < 1.29 is 9.47 Å². The summed E-state index contributed by atoms with van der Waals surface area (Å²) in [5.41, 5.74) is 1.09. The molecule has 1 aliphatic rings. The second-order valence-electron chi connectivity index (χ2n) is 4.03. The lowest BCUT2D eigenvalue weighted by Crippen LogP contribution is -2.45. The van der Waals surface area contributed by atoms with Gasteiger partial charge >= 0.3 is 0 Å². The number of pyridine rings is 1.